The second-order valence-electron chi connectivity index (χ2n) is 7.60. The van der Waals surface area contributed by atoms with Crippen molar-refractivity contribution in [2.45, 2.75) is 5.22 Å². The van der Waals surface area contributed by atoms with Crippen molar-refractivity contribution in [2.24, 2.45) is 0 Å². The molecule has 5 aromatic rings. The number of thioether (sulfide) groups is 1. The number of carbonyl (C=O) groups excluding carboxylic acids is 1. The molecule has 11 heteroatoms. The predicted molar refractivity (Wildman–Crippen MR) is 139 cm³/mol. The Morgan fingerprint density at radius 1 is 1.00 bits per heavy atom. The molecular formula is C25H20ClN5O4S. The molecule has 2 heterocycles. The number of H-pyrrole nitrogens is 1. The monoisotopic (exact) mass is 521 g/mol. The van der Waals surface area contributed by atoms with E-state index in [0.717, 1.165) is 33.9 Å². The minimum atomic E-state index is -0.191. The third kappa shape index (κ3) is 5.14. The van der Waals surface area contributed by atoms with E-state index in [2.05, 4.69) is 25.5 Å². The molecule has 5 rings (SSSR count). The first kappa shape index (κ1) is 23.7. The molecule has 0 saturated heterocycles. The van der Waals surface area contributed by atoms with E-state index >= 15 is 0 Å². The molecule has 0 spiro atoms. The van der Waals surface area contributed by atoms with Crippen LogP contribution in [0.25, 0.3) is 33.9 Å². The summed E-state index contributed by atoms with van der Waals surface area (Å²) >= 11 is 7.02. The Kier molecular flexibility index (Phi) is 6.79. The molecular weight excluding hydrogens is 502 g/mol. The number of hydrogen-bond donors (Lipinski definition) is 2. The number of aromatic nitrogens is 4. The van der Waals surface area contributed by atoms with Gasteiger partial charge in [-0.3, -0.25) is 4.79 Å². The summed E-state index contributed by atoms with van der Waals surface area (Å²) in [7, 11) is 3.19. The normalized spacial score (nSPS) is 11.0. The van der Waals surface area contributed by atoms with Gasteiger partial charge in [0.15, 0.2) is 11.5 Å². The number of hydrogen-bond acceptors (Lipinski definition) is 8. The first-order valence-electron chi connectivity index (χ1n) is 10.8. The Morgan fingerprint density at radius 3 is 2.56 bits per heavy atom. The summed E-state index contributed by atoms with van der Waals surface area (Å²) < 4.78 is 16.5. The van der Waals surface area contributed by atoms with Crippen molar-refractivity contribution < 1.29 is 18.7 Å². The van der Waals surface area contributed by atoms with Gasteiger partial charge in [0.05, 0.1) is 31.0 Å². The quantitative estimate of drug-likeness (QED) is 0.250. The molecule has 1 amide bonds. The number of anilines is 1. The lowest BCUT2D eigenvalue weighted by atomic mass is 10.2. The molecule has 0 aliphatic heterocycles. The number of benzene rings is 3. The largest absolute Gasteiger partial charge is 0.493 e. The van der Waals surface area contributed by atoms with Crippen molar-refractivity contribution in [3.05, 3.63) is 65.7 Å². The van der Waals surface area contributed by atoms with E-state index < -0.39 is 0 Å². The number of halogens is 1. The van der Waals surface area contributed by atoms with Crippen LogP contribution in [-0.4, -0.2) is 46.0 Å². The number of nitrogens with one attached hydrogen (secondary N) is 2. The van der Waals surface area contributed by atoms with Crippen LogP contribution in [0.3, 0.4) is 0 Å². The summed E-state index contributed by atoms with van der Waals surface area (Å²) in [5, 5.41) is 11.9. The number of imidazole rings is 1. The van der Waals surface area contributed by atoms with Crippen LogP contribution in [0.5, 0.6) is 11.5 Å². The van der Waals surface area contributed by atoms with Crippen LogP contribution in [0.15, 0.2) is 70.3 Å². The molecule has 0 saturated carbocycles. The molecule has 182 valence electrons. The highest BCUT2D eigenvalue weighted by atomic mass is 35.5. The maximum absolute atomic E-state index is 12.2. The standard InChI is InChI=1S/C25H20ClN5O4S/c1-33-20-10-4-14(12-21(20)34-2)23-28-18-9-3-15(11-19(18)29-23)24-30-31-25(35-24)36-13-22(32)27-17-7-5-16(26)6-8-17/h3-12H,13H2,1-2H3,(H,27,32)(H,28,29). The Balaban J connectivity index is 1.28. The summed E-state index contributed by atoms with van der Waals surface area (Å²) in [5.41, 5.74) is 3.86. The van der Waals surface area contributed by atoms with Gasteiger partial charge in [-0.2, -0.15) is 0 Å². The number of carbonyl (C=O) groups is 1. The van der Waals surface area contributed by atoms with Crippen LogP contribution >= 0.6 is 23.4 Å². The van der Waals surface area contributed by atoms with E-state index in [1.54, 1.807) is 38.5 Å². The number of methoxy groups -OCH3 is 2. The highest BCUT2D eigenvalue weighted by Crippen LogP contribution is 2.33. The molecule has 0 bridgehead atoms. The highest BCUT2D eigenvalue weighted by Gasteiger charge is 2.14. The molecule has 0 aliphatic carbocycles. The predicted octanol–water partition coefficient (Wildman–Crippen LogP) is 5.68. The van der Waals surface area contributed by atoms with Gasteiger partial charge in [-0.1, -0.05) is 23.4 Å². The third-order valence-corrected chi connectivity index (χ3v) is 6.32. The lowest BCUT2D eigenvalue weighted by molar-refractivity contribution is -0.113. The highest BCUT2D eigenvalue weighted by molar-refractivity contribution is 7.99. The topological polar surface area (TPSA) is 115 Å². The zero-order valence-electron chi connectivity index (χ0n) is 19.2. The van der Waals surface area contributed by atoms with Crippen molar-refractivity contribution in [3.63, 3.8) is 0 Å². The maximum atomic E-state index is 12.2. The summed E-state index contributed by atoms with van der Waals surface area (Å²) in [6.45, 7) is 0. The van der Waals surface area contributed by atoms with E-state index in [1.807, 2.05) is 36.4 Å². The SMILES string of the molecule is COc1ccc(-c2nc3ccc(-c4nnc(SCC(=O)Nc5ccc(Cl)cc5)o4)cc3[nH]2)cc1OC. The molecule has 2 aromatic heterocycles. The molecule has 2 N–H and O–H groups in total. The first-order chi connectivity index (χ1) is 17.5. The van der Waals surface area contributed by atoms with Gasteiger partial charge >= 0.3 is 0 Å². The van der Waals surface area contributed by atoms with Gasteiger partial charge in [0.1, 0.15) is 5.82 Å². The molecule has 36 heavy (non-hydrogen) atoms. The third-order valence-electron chi connectivity index (χ3n) is 5.25. The van der Waals surface area contributed by atoms with Crippen molar-refractivity contribution in [3.8, 4) is 34.3 Å². The molecule has 9 nitrogen and oxygen atoms in total. The fraction of sp³-hybridized carbons (Fsp3) is 0.120. The number of nitrogens with zero attached hydrogens (tertiary/aromatic N) is 3. The van der Waals surface area contributed by atoms with Crippen LogP contribution in [0.2, 0.25) is 5.02 Å². The maximum Gasteiger partial charge on any atom is 0.277 e. The summed E-state index contributed by atoms with van der Waals surface area (Å²) in [4.78, 5) is 20.2. The van der Waals surface area contributed by atoms with E-state index in [9.17, 15) is 4.79 Å². The fourth-order valence-electron chi connectivity index (χ4n) is 3.51. The number of ether oxygens (including phenoxy) is 2. The van der Waals surface area contributed by atoms with E-state index in [4.69, 9.17) is 25.5 Å². The molecule has 0 fully saturated rings. The zero-order valence-corrected chi connectivity index (χ0v) is 20.8. The van der Waals surface area contributed by atoms with Gasteiger partial charge in [-0.15, -0.1) is 10.2 Å². The van der Waals surface area contributed by atoms with Crippen molar-refractivity contribution in [2.75, 3.05) is 25.3 Å². The van der Waals surface area contributed by atoms with Crippen molar-refractivity contribution >= 4 is 46.0 Å². The summed E-state index contributed by atoms with van der Waals surface area (Å²) in [5.74, 6) is 2.24. The molecule has 0 atom stereocenters. The molecule has 0 aliphatic rings. The lowest BCUT2D eigenvalue weighted by Crippen LogP contribution is -2.13. The van der Waals surface area contributed by atoms with Gasteiger partial charge in [0.2, 0.25) is 11.8 Å². The molecule has 0 radical (unpaired) electrons. The van der Waals surface area contributed by atoms with Gasteiger partial charge in [-0.25, -0.2) is 4.98 Å². The van der Waals surface area contributed by atoms with Crippen LogP contribution in [0, 0.1) is 0 Å². The summed E-state index contributed by atoms with van der Waals surface area (Å²) in [6, 6.07) is 18.1. The van der Waals surface area contributed by atoms with Crippen LogP contribution in [-0.2, 0) is 4.79 Å². The van der Waals surface area contributed by atoms with Gasteiger partial charge < -0.3 is 24.2 Å². The van der Waals surface area contributed by atoms with Crippen molar-refractivity contribution in [1.29, 1.82) is 0 Å². The molecule has 0 unspecified atom stereocenters. The van der Waals surface area contributed by atoms with Gasteiger partial charge in [0.25, 0.3) is 5.22 Å². The minimum Gasteiger partial charge on any atom is -0.493 e. The lowest BCUT2D eigenvalue weighted by Gasteiger charge is -2.08. The summed E-state index contributed by atoms with van der Waals surface area (Å²) in [6.07, 6.45) is 0. The number of rotatable bonds is 8. The first-order valence-corrected chi connectivity index (χ1v) is 12.1. The molecule has 3 aromatic carbocycles. The number of fused-ring (bicyclic) bond motifs is 1. The Bertz CT molecular complexity index is 1530. The minimum absolute atomic E-state index is 0.124. The second-order valence-corrected chi connectivity index (χ2v) is 8.97. The van der Waals surface area contributed by atoms with Gasteiger partial charge in [0, 0.05) is 21.8 Å². The Hall–Kier alpha value is -4.02. The second kappa shape index (κ2) is 10.3. The van der Waals surface area contributed by atoms with E-state index in [1.165, 1.54) is 0 Å². The van der Waals surface area contributed by atoms with Crippen molar-refractivity contribution in [1.82, 2.24) is 20.2 Å². The Morgan fingerprint density at radius 2 is 1.78 bits per heavy atom. The number of aromatic amines is 1. The number of amides is 1. The van der Waals surface area contributed by atoms with Crippen LogP contribution in [0.1, 0.15) is 0 Å². The van der Waals surface area contributed by atoms with E-state index in [0.29, 0.717) is 39.1 Å². The zero-order chi connectivity index (χ0) is 25.1. The Labute approximate surface area is 215 Å². The smallest absolute Gasteiger partial charge is 0.277 e. The van der Waals surface area contributed by atoms with Gasteiger partial charge in [-0.05, 0) is 60.7 Å². The van der Waals surface area contributed by atoms with Crippen LogP contribution < -0.4 is 14.8 Å². The fourth-order valence-corrected chi connectivity index (χ4v) is 4.19. The van der Waals surface area contributed by atoms with Crippen LogP contribution in [0.4, 0.5) is 5.69 Å². The average molecular weight is 522 g/mol. The van der Waals surface area contributed by atoms with E-state index in [-0.39, 0.29) is 11.7 Å². The average Bonchev–Trinajstić information content (AvgIpc) is 3.55.